The van der Waals surface area contributed by atoms with Gasteiger partial charge in [-0.15, -0.1) is 0 Å². The Hall–Kier alpha value is -2.63. The van der Waals surface area contributed by atoms with Crippen LogP contribution in [-0.4, -0.2) is 17.6 Å². The van der Waals surface area contributed by atoms with Crippen molar-refractivity contribution in [3.05, 3.63) is 69.7 Å². The zero-order chi connectivity index (χ0) is 19.3. The molecule has 0 aliphatic heterocycles. The Kier molecular flexibility index (Phi) is 6.55. The van der Waals surface area contributed by atoms with Gasteiger partial charge >= 0.3 is 0 Å². The summed E-state index contributed by atoms with van der Waals surface area (Å²) in [5.41, 5.74) is 1.67. The first-order valence-corrected chi connectivity index (χ1v) is 8.38. The van der Waals surface area contributed by atoms with Gasteiger partial charge in [-0.1, -0.05) is 23.2 Å². The van der Waals surface area contributed by atoms with Crippen LogP contribution in [0.2, 0.25) is 10.0 Å². The Bertz CT molecular complexity index is 890. The van der Waals surface area contributed by atoms with Crippen molar-refractivity contribution in [3.8, 4) is 0 Å². The van der Waals surface area contributed by atoms with Gasteiger partial charge in [-0.25, -0.2) is 0 Å². The van der Waals surface area contributed by atoms with Crippen molar-refractivity contribution in [3.63, 3.8) is 0 Å². The van der Waals surface area contributed by atoms with Crippen LogP contribution in [0.15, 0.2) is 54.1 Å². The highest BCUT2D eigenvalue weighted by Gasteiger charge is 2.10. The number of rotatable bonds is 5. The van der Waals surface area contributed by atoms with E-state index in [1.165, 1.54) is 26.0 Å². The summed E-state index contributed by atoms with van der Waals surface area (Å²) in [5, 5.41) is 5.99. The second-order valence-corrected chi connectivity index (χ2v) is 6.37. The van der Waals surface area contributed by atoms with Crippen molar-refractivity contribution in [2.45, 2.75) is 13.8 Å². The first kappa shape index (κ1) is 19.7. The molecule has 7 heteroatoms. The maximum atomic E-state index is 12.2. The van der Waals surface area contributed by atoms with E-state index in [0.717, 1.165) is 0 Å². The van der Waals surface area contributed by atoms with Gasteiger partial charge in [-0.2, -0.15) is 0 Å². The van der Waals surface area contributed by atoms with Crippen LogP contribution in [0.4, 0.5) is 11.4 Å². The lowest BCUT2D eigenvalue weighted by Crippen LogP contribution is -2.16. The van der Waals surface area contributed by atoms with Gasteiger partial charge < -0.3 is 10.6 Å². The second kappa shape index (κ2) is 8.65. The SMILES string of the molecule is CC(=O)c1ccc(NC(=O)/C=C(/C)C(=O)Nc2ccc(Cl)cc2Cl)cc1. The Morgan fingerprint density at radius 2 is 1.58 bits per heavy atom. The number of hydrogen-bond donors (Lipinski definition) is 2. The maximum absolute atomic E-state index is 12.2. The molecule has 2 N–H and O–H groups in total. The van der Waals surface area contributed by atoms with Gasteiger partial charge in [-0.05, 0) is 56.3 Å². The van der Waals surface area contributed by atoms with Crippen molar-refractivity contribution < 1.29 is 14.4 Å². The van der Waals surface area contributed by atoms with E-state index in [4.69, 9.17) is 23.2 Å². The first-order valence-electron chi connectivity index (χ1n) is 7.63. The molecule has 2 aromatic carbocycles. The van der Waals surface area contributed by atoms with Crippen molar-refractivity contribution in [2.24, 2.45) is 0 Å². The van der Waals surface area contributed by atoms with Crippen molar-refractivity contribution >= 4 is 52.2 Å². The van der Waals surface area contributed by atoms with Crippen molar-refractivity contribution in [1.82, 2.24) is 0 Å². The first-order chi connectivity index (χ1) is 12.3. The molecule has 26 heavy (non-hydrogen) atoms. The summed E-state index contributed by atoms with van der Waals surface area (Å²) in [6.07, 6.45) is 1.18. The van der Waals surface area contributed by atoms with Gasteiger partial charge in [0.25, 0.3) is 5.91 Å². The Labute approximate surface area is 161 Å². The monoisotopic (exact) mass is 390 g/mol. The minimum absolute atomic E-state index is 0.0591. The number of anilines is 2. The molecule has 0 radical (unpaired) electrons. The molecule has 5 nitrogen and oxygen atoms in total. The lowest BCUT2D eigenvalue weighted by Gasteiger charge is -2.08. The molecule has 134 valence electrons. The summed E-state index contributed by atoms with van der Waals surface area (Å²) >= 11 is 11.8. The minimum Gasteiger partial charge on any atom is -0.323 e. The molecule has 0 saturated heterocycles. The third-order valence-electron chi connectivity index (χ3n) is 3.44. The quantitative estimate of drug-likeness (QED) is 0.572. The molecule has 0 aromatic heterocycles. The van der Waals surface area contributed by atoms with E-state index in [0.29, 0.717) is 27.0 Å². The fourth-order valence-corrected chi connectivity index (χ4v) is 2.50. The Morgan fingerprint density at radius 3 is 2.15 bits per heavy atom. The number of ketones is 1. The third kappa shape index (κ3) is 5.44. The Balaban J connectivity index is 2.01. The van der Waals surface area contributed by atoms with Gasteiger partial charge in [0.15, 0.2) is 5.78 Å². The molecule has 2 amide bonds. The van der Waals surface area contributed by atoms with Gasteiger partial charge in [-0.3, -0.25) is 14.4 Å². The zero-order valence-electron chi connectivity index (χ0n) is 14.1. The summed E-state index contributed by atoms with van der Waals surface area (Å²) in [5.74, 6) is -0.983. The highest BCUT2D eigenvalue weighted by atomic mass is 35.5. The standard InChI is InChI=1S/C19H16Cl2N2O3/c1-11(19(26)23-17-8-5-14(20)10-16(17)21)9-18(25)22-15-6-3-13(4-7-15)12(2)24/h3-10H,1-2H3,(H,22,25)(H,23,26)/b11-9-. The maximum Gasteiger partial charge on any atom is 0.251 e. The summed E-state index contributed by atoms with van der Waals surface area (Å²) < 4.78 is 0. The van der Waals surface area contributed by atoms with Crippen LogP contribution < -0.4 is 10.6 Å². The molecule has 0 spiro atoms. The normalized spacial score (nSPS) is 11.0. The molecule has 0 aliphatic carbocycles. The molecule has 0 saturated carbocycles. The lowest BCUT2D eigenvalue weighted by atomic mass is 10.1. The second-order valence-electron chi connectivity index (χ2n) is 5.53. The fraction of sp³-hybridized carbons (Fsp3) is 0.105. The number of carbonyl (C=O) groups excluding carboxylic acids is 3. The van der Waals surface area contributed by atoms with Gasteiger partial charge in [0.05, 0.1) is 10.7 Å². The van der Waals surface area contributed by atoms with Crippen LogP contribution in [0.25, 0.3) is 0 Å². The smallest absolute Gasteiger partial charge is 0.251 e. The number of amides is 2. The molecular weight excluding hydrogens is 375 g/mol. The number of Topliss-reactive ketones (excluding diaryl/α,β-unsaturated/α-hetero) is 1. The summed E-state index contributed by atoms with van der Waals surface area (Å²) in [7, 11) is 0. The highest BCUT2D eigenvalue weighted by molar-refractivity contribution is 6.36. The van der Waals surface area contributed by atoms with E-state index >= 15 is 0 Å². The van der Waals surface area contributed by atoms with E-state index in [1.807, 2.05) is 0 Å². The van der Waals surface area contributed by atoms with E-state index in [9.17, 15) is 14.4 Å². The van der Waals surface area contributed by atoms with E-state index < -0.39 is 11.8 Å². The summed E-state index contributed by atoms with van der Waals surface area (Å²) in [6.45, 7) is 2.98. The number of halogens is 2. The number of nitrogens with one attached hydrogen (secondary N) is 2. The molecule has 0 unspecified atom stereocenters. The fourth-order valence-electron chi connectivity index (χ4n) is 2.04. The molecule has 0 fully saturated rings. The molecule has 0 heterocycles. The molecular formula is C19H16Cl2N2O3. The average molecular weight is 391 g/mol. The van der Waals surface area contributed by atoms with Crippen LogP contribution in [-0.2, 0) is 9.59 Å². The predicted molar refractivity (Wildman–Crippen MR) is 104 cm³/mol. The van der Waals surface area contributed by atoms with Crippen LogP contribution in [0, 0.1) is 0 Å². The predicted octanol–water partition coefficient (Wildman–Crippen LogP) is 4.72. The molecule has 0 atom stereocenters. The number of benzene rings is 2. The lowest BCUT2D eigenvalue weighted by molar-refractivity contribution is -0.114. The van der Waals surface area contributed by atoms with E-state index in [2.05, 4.69) is 10.6 Å². The Morgan fingerprint density at radius 1 is 0.923 bits per heavy atom. The largest absolute Gasteiger partial charge is 0.323 e. The molecule has 2 aromatic rings. The summed E-state index contributed by atoms with van der Waals surface area (Å²) in [4.78, 5) is 35.4. The average Bonchev–Trinajstić information content (AvgIpc) is 2.57. The number of carbonyl (C=O) groups is 3. The zero-order valence-corrected chi connectivity index (χ0v) is 15.6. The van der Waals surface area contributed by atoms with E-state index in [1.54, 1.807) is 36.4 Å². The molecule has 2 rings (SSSR count). The minimum atomic E-state index is -0.463. The van der Waals surface area contributed by atoms with Crippen LogP contribution in [0.1, 0.15) is 24.2 Å². The topological polar surface area (TPSA) is 75.3 Å². The number of hydrogen-bond acceptors (Lipinski definition) is 3. The van der Waals surface area contributed by atoms with Crippen LogP contribution in [0.3, 0.4) is 0 Å². The molecule has 0 bridgehead atoms. The van der Waals surface area contributed by atoms with E-state index in [-0.39, 0.29) is 11.4 Å². The van der Waals surface area contributed by atoms with Gasteiger partial charge in [0.1, 0.15) is 0 Å². The summed E-state index contributed by atoms with van der Waals surface area (Å²) in [6, 6.07) is 11.1. The van der Waals surface area contributed by atoms with Gasteiger partial charge in [0.2, 0.25) is 5.91 Å². The molecule has 0 aliphatic rings. The van der Waals surface area contributed by atoms with Crippen molar-refractivity contribution in [1.29, 1.82) is 0 Å². The van der Waals surface area contributed by atoms with Crippen LogP contribution >= 0.6 is 23.2 Å². The highest BCUT2D eigenvalue weighted by Crippen LogP contribution is 2.25. The van der Waals surface area contributed by atoms with Crippen molar-refractivity contribution in [2.75, 3.05) is 10.6 Å². The van der Waals surface area contributed by atoms with Gasteiger partial charge in [0, 0.05) is 27.9 Å². The van der Waals surface area contributed by atoms with Crippen LogP contribution in [0.5, 0.6) is 0 Å². The third-order valence-corrected chi connectivity index (χ3v) is 3.99.